The van der Waals surface area contributed by atoms with E-state index in [0.29, 0.717) is 5.56 Å². The van der Waals surface area contributed by atoms with E-state index in [1.807, 2.05) is 0 Å². The van der Waals surface area contributed by atoms with Gasteiger partial charge in [0.1, 0.15) is 18.6 Å². The smallest absolute Gasteiger partial charge is 0.427 e. The lowest BCUT2D eigenvalue weighted by Crippen LogP contribution is -2.70. The van der Waals surface area contributed by atoms with Crippen LogP contribution in [0.4, 0.5) is 17.6 Å². The molecule has 3 N–H and O–H groups in total. The number of carbonyl (C=O) groups is 2. The number of rotatable bonds is 10. The fourth-order valence-electron chi connectivity index (χ4n) is 1.69. The summed E-state index contributed by atoms with van der Waals surface area (Å²) in [4.78, 5) is 33.2. The average molecular weight is 416 g/mol. The molecule has 13 heteroatoms. The molecule has 0 saturated heterocycles. The second kappa shape index (κ2) is 9.38. The third-order valence-electron chi connectivity index (χ3n) is 3.16. The summed E-state index contributed by atoms with van der Waals surface area (Å²) < 4.78 is 69.7. The highest BCUT2D eigenvalue weighted by atomic mass is 31.2. The summed E-state index contributed by atoms with van der Waals surface area (Å²) >= 11 is 0. The van der Waals surface area contributed by atoms with Gasteiger partial charge in [0.25, 0.3) is 14.0 Å². The molecule has 0 aliphatic heterocycles. The molecule has 0 amide bonds. The van der Waals surface area contributed by atoms with Crippen molar-refractivity contribution in [3.63, 3.8) is 0 Å². The Labute approximate surface area is 150 Å². The monoisotopic (exact) mass is 416 g/mol. The Morgan fingerprint density at radius 3 is 2.22 bits per heavy atom. The van der Waals surface area contributed by atoms with Crippen molar-refractivity contribution in [3.05, 3.63) is 35.4 Å². The van der Waals surface area contributed by atoms with Gasteiger partial charge in [-0.15, -0.1) is 0 Å². The Kier molecular flexibility index (Phi) is 8.05. The number of benzene rings is 1. The van der Waals surface area contributed by atoms with Crippen molar-refractivity contribution >= 4 is 19.6 Å². The van der Waals surface area contributed by atoms with Gasteiger partial charge in [-0.3, -0.25) is 9.36 Å². The molecule has 0 heterocycles. The number of hydrogen-bond donors (Lipinski definition) is 1. The standard InChI is InChI=1S/C14H16F4NO7P/c15-12(14(16,17)18)11(20)9-3-1-8(2-4-9)5-6-25-27(23,24)26-7-10(19)13(21)22/h1-4,10,12H,5-7,19H2,(H,21,22)(H,23,24)/p-1. The predicted octanol–water partition coefficient (Wildman–Crippen LogP) is -0.826. The van der Waals surface area contributed by atoms with Crippen molar-refractivity contribution in [1.82, 2.24) is 0 Å². The van der Waals surface area contributed by atoms with Gasteiger partial charge >= 0.3 is 6.18 Å². The van der Waals surface area contributed by atoms with Crippen LogP contribution in [0.25, 0.3) is 0 Å². The lowest BCUT2D eigenvalue weighted by atomic mass is 10.0. The van der Waals surface area contributed by atoms with Gasteiger partial charge in [0.05, 0.1) is 6.61 Å². The number of Topliss-reactive ketones (excluding diaryl/α,β-unsaturated/α-hetero) is 1. The second-order valence-corrected chi connectivity index (χ2v) is 6.72. The zero-order valence-electron chi connectivity index (χ0n) is 13.6. The zero-order chi connectivity index (χ0) is 20.8. The maximum atomic E-state index is 13.0. The first-order chi connectivity index (χ1) is 12.3. The lowest BCUT2D eigenvalue weighted by Gasteiger charge is -2.23. The number of aliphatic carboxylic acids is 1. The summed E-state index contributed by atoms with van der Waals surface area (Å²) in [6.07, 6.45) is -8.97. The molecular weight excluding hydrogens is 401 g/mol. The number of halogens is 4. The first kappa shape index (κ1) is 23.2. The number of phosphoric ester groups is 1. The van der Waals surface area contributed by atoms with E-state index >= 15 is 0 Å². The maximum Gasteiger partial charge on any atom is 0.427 e. The number of quaternary nitrogens is 1. The minimum atomic E-state index is -5.30. The van der Waals surface area contributed by atoms with E-state index in [-0.39, 0.29) is 6.42 Å². The molecular formula is C14H15F4NO7P-. The van der Waals surface area contributed by atoms with Crippen LogP contribution in [-0.2, 0) is 24.8 Å². The maximum absolute atomic E-state index is 13.0. The Morgan fingerprint density at radius 1 is 1.19 bits per heavy atom. The van der Waals surface area contributed by atoms with Gasteiger partial charge in [-0.25, -0.2) is 4.39 Å². The number of carboxylic acid groups (broad SMARTS) is 1. The number of hydrogen-bond acceptors (Lipinski definition) is 7. The molecule has 0 saturated carbocycles. The third-order valence-corrected chi connectivity index (χ3v) is 4.13. The average Bonchev–Trinajstić information content (AvgIpc) is 2.58. The number of phosphoric acid groups is 1. The Bertz CT molecular complexity index is 710. The molecule has 1 aromatic carbocycles. The summed E-state index contributed by atoms with van der Waals surface area (Å²) in [6.45, 7) is -1.20. The van der Waals surface area contributed by atoms with E-state index in [2.05, 4.69) is 14.8 Å². The molecule has 1 aromatic rings. The van der Waals surface area contributed by atoms with Crippen LogP contribution < -0.4 is 15.7 Å². The molecule has 152 valence electrons. The van der Waals surface area contributed by atoms with Gasteiger partial charge < -0.3 is 29.6 Å². The number of carboxylic acids is 1. The summed E-state index contributed by atoms with van der Waals surface area (Å²) in [5.41, 5.74) is 2.98. The molecule has 8 nitrogen and oxygen atoms in total. The Hall–Kier alpha value is -1.85. The third kappa shape index (κ3) is 7.73. The summed E-state index contributed by atoms with van der Waals surface area (Å²) in [6, 6.07) is 2.93. The van der Waals surface area contributed by atoms with E-state index in [1.165, 1.54) is 12.1 Å². The molecule has 0 spiro atoms. The van der Waals surface area contributed by atoms with Gasteiger partial charge in [0.2, 0.25) is 5.78 Å². The highest BCUT2D eigenvalue weighted by molar-refractivity contribution is 7.45. The number of carbonyl (C=O) groups excluding carboxylic acids is 2. The highest BCUT2D eigenvalue weighted by Crippen LogP contribution is 2.38. The van der Waals surface area contributed by atoms with Crippen molar-refractivity contribution in [1.29, 1.82) is 0 Å². The van der Waals surface area contributed by atoms with E-state index in [4.69, 9.17) is 0 Å². The largest absolute Gasteiger partial charge is 0.756 e. The van der Waals surface area contributed by atoms with Crippen molar-refractivity contribution in [2.75, 3.05) is 13.2 Å². The fraction of sp³-hybridized carbons (Fsp3) is 0.429. The zero-order valence-corrected chi connectivity index (χ0v) is 14.5. The Balaban J connectivity index is 2.53. The molecule has 0 aliphatic carbocycles. The van der Waals surface area contributed by atoms with Crippen LogP contribution >= 0.6 is 7.82 Å². The van der Waals surface area contributed by atoms with Gasteiger partial charge in [-0.05, 0) is 12.0 Å². The fourth-order valence-corrected chi connectivity index (χ4v) is 2.44. The van der Waals surface area contributed by atoms with E-state index in [9.17, 15) is 41.7 Å². The first-order valence-electron chi connectivity index (χ1n) is 7.31. The van der Waals surface area contributed by atoms with Gasteiger partial charge in [0, 0.05) is 5.56 Å². The molecule has 27 heavy (non-hydrogen) atoms. The van der Waals surface area contributed by atoms with Crippen LogP contribution in [0.2, 0.25) is 0 Å². The van der Waals surface area contributed by atoms with Crippen LogP contribution in [-0.4, -0.2) is 43.4 Å². The normalized spacial score (nSPS) is 16.4. The van der Waals surface area contributed by atoms with Crippen molar-refractivity contribution in [2.45, 2.75) is 24.8 Å². The minimum absolute atomic E-state index is 0.0311. The second-order valence-electron chi connectivity index (χ2n) is 5.31. The van der Waals surface area contributed by atoms with E-state index in [1.54, 1.807) is 0 Å². The molecule has 1 rings (SSSR count). The first-order valence-corrected chi connectivity index (χ1v) is 8.77. The molecule has 0 aliphatic rings. The van der Waals surface area contributed by atoms with Crippen molar-refractivity contribution < 1.29 is 56.5 Å². The van der Waals surface area contributed by atoms with Crippen molar-refractivity contribution in [3.8, 4) is 0 Å². The van der Waals surface area contributed by atoms with Crippen LogP contribution in [0.1, 0.15) is 15.9 Å². The summed E-state index contributed by atoms with van der Waals surface area (Å²) in [5.74, 6) is -3.34. The van der Waals surface area contributed by atoms with Crippen LogP contribution in [0.15, 0.2) is 24.3 Å². The molecule has 0 aromatic heterocycles. The summed E-state index contributed by atoms with van der Waals surface area (Å²) in [7, 11) is -4.79. The topological polar surface area (TPSA) is 143 Å². The van der Waals surface area contributed by atoms with Gasteiger partial charge in [-0.2, -0.15) is 13.2 Å². The molecule has 0 radical (unpaired) electrons. The molecule has 3 atom stereocenters. The van der Waals surface area contributed by atoms with Crippen LogP contribution in [0, 0.1) is 0 Å². The van der Waals surface area contributed by atoms with Gasteiger partial charge in [-0.1, -0.05) is 24.3 Å². The molecule has 0 bridgehead atoms. The van der Waals surface area contributed by atoms with E-state index in [0.717, 1.165) is 12.1 Å². The van der Waals surface area contributed by atoms with Crippen molar-refractivity contribution in [2.24, 2.45) is 0 Å². The minimum Gasteiger partial charge on any atom is -0.756 e. The SMILES string of the molecule is [NH3+]C(COP(=O)([O-])OCCc1ccc(C(=O)C(F)C(F)(F)F)cc1)C(=O)[O-]. The predicted molar refractivity (Wildman–Crippen MR) is 76.6 cm³/mol. The quantitative estimate of drug-likeness (QED) is 0.298. The van der Waals surface area contributed by atoms with E-state index < -0.39 is 56.7 Å². The summed E-state index contributed by atoms with van der Waals surface area (Å²) in [5, 5.41) is 10.4. The molecule has 3 unspecified atom stereocenters. The van der Waals surface area contributed by atoms with Gasteiger partial charge in [0.15, 0.2) is 0 Å². The lowest BCUT2D eigenvalue weighted by molar-refractivity contribution is -0.441. The molecule has 0 fully saturated rings. The number of ketones is 1. The van der Waals surface area contributed by atoms with Crippen LogP contribution in [0.5, 0.6) is 0 Å². The highest BCUT2D eigenvalue weighted by Gasteiger charge is 2.45. The Morgan fingerprint density at radius 2 is 1.74 bits per heavy atom. The number of alkyl halides is 4. The van der Waals surface area contributed by atoms with Crippen LogP contribution in [0.3, 0.4) is 0 Å².